The van der Waals surface area contributed by atoms with E-state index in [1.54, 1.807) is 13.8 Å². The SMILES string of the molecule is CCn1c(=O)c2c(N)c(S(=O)(=O)Cl)cnc2n(CC)c1=O. The molecular formula is C11H13ClN4O4S. The van der Waals surface area contributed by atoms with Gasteiger partial charge in [-0.05, 0) is 13.8 Å². The molecule has 0 unspecified atom stereocenters. The minimum atomic E-state index is -4.14. The average Bonchev–Trinajstić information content (AvgIpc) is 2.38. The number of hydrogen-bond acceptors (Lipinski definition) is 6. The van der Waals surface area contributed by atoms with E-state index in [2.05, 4.69) is 4.98 Å². The van der Waals surface area contributed by atoms with E-state index in [1.165, 1.54) is 4.57 Å². The van der Waals surface area contributed by atoms with Gasteiger partial charge in [0, 0.05) is 23.8 Å². The number of fused-ring (bicyclic) bond motifs is 1. The number of hydrogen-bond donors (Lipinski definition) is 1. The summed E-state index contributed by atoms with van der Waals surface area (Å²) < 4.78 is 25.1. The van der Waals surface area contributed by atoms with Crippen LogP contribution < -0.4 is 17.0 Å². The van der Waals surface area contributed by atoms with Gasteiger partial charge in [-0.1, -0.05) is 0 Å². The van der Waals surface area contributed by atoms with E-state index in [-0.39, 0.29) is 29.8 Å². The monoisotopic (exact) mass is 332 g/mol. The zero-order chi connectivity index (χ0) is 15.9. The van der Waals surface area contributed by atoms with Crippen LogP contribution in [-0.2, 0) is 22.1 Å². The fourth-order valence-electron chi connectivity index (χ4n) is 2.13. The quantitative estimate of drug-likeness (QED) is 0.797. The fraction of sp³-hybridized carbons (Fsp3) is 0.364. The molecule has 2 N–H and O–H groups in total. The van der Waals surface area contributed by atoms with Gasteiger partial charge in [0.2, 0.25) is 0 Å². The van der Waals surface area contributed by atoms with Gasteiger partial charge in [0.15, 0.2) is 5.65 Å². The molecule has 2 aromatic heterocycles. The summed E-state index contributed by atoms with van der Waals surface area (Å²) in [5.41, 5.74) is 4.30. The van der Waals surface area contributed by atoms with Crippen molar-refractivity contribution in [1.29, 1.82) is 0 Å². The van der Waals surface area contributed by atoms with Crippen LogP contribution in [0.25, 0.3) is 11.0 Å². The maximum atomic E-state index is 12.3. The molecule has 0 spiro atoms. The van der Waals surface area contributed by atoms with E-state index in [1.807, 2.05) is 0 Å². The fourth-order valence-corrected chi connectivity index (χ4v) is 3.04. The van der Waals surface area contributed by atoms with Crippen molar-refractivity contribution in [3.63, 3.8) is 0 Å². The van der Waals surface area contributed by atoms with Crippen LogP contribution in [0, 0.1) is 0 Å². The Kier molecular flexibility index (Phi) is 3.81. The van der Waals surface area contributed by atoms with Gasteiger partial charge in [-0.3, -0.25) is 13.9 Å². The Morgan fingerprint density at radius 1 is 1.24 bits per heavy atom. The summed E-state index contributed by atoms with van der Waals surface area (Å²) in [7, 11) is 1.13. The van der Waals surface area contributed by atoms with E-state index >= 15 is 0 Å². The van der Waals surface area contributed by atoms with Crippen LogP contribution in [0.3, 0.4) is 0 Å². The predicted molar refractivity (Wildman–Crippen MR) is 79.1 cm³/mol. The second-order valence-corrected chi connectivity index (χ2v) is 6.78. The molecule has 0 bridgehead atoms. The summed E-state index contributed by atoms with van der Waals surface area (Å²) in [6.07, 6.45) is 0.946. The zero-order valence-electron chi connectivity index (χ0n) is 11.3. The average molecular weight is 333 g/mol. The van der Waals surface area contributed by atoms with Crippen LogP contribution in [0.1, 0.15) is 13.8 Å². The Morgan fingerprint density at radius 2 is 1.81 bits per heavy atom. The first kappa shape index (κ1) is 15.5. The highest BCUT2D eigenvalue weighted by Crippen LogP contribution is 2.25. The lowest BCUT2D eigenvalue weighted by molar-refractivity contribution is 0.603. The molecule has 0 saturated carbocycles. The molecule has 114 valence electrons. The van der Waals surface area contributed by atoms with Crippen molar-refractivity contribution in [2.24, 2.45) is 0 Å². The molecule has 0 aliphatic carbocycles. The first-order valence-corrected chi connectivity index (χ1v) is 8.41. The number of nitrogens with zero attached hydrogens (tertiary/aromatic N) is 3. The topological polar surface area (TPSA) is 117 Å². The molecule has 0 aliphatic heterocycles. The number of halogens is 1. The maximum absolute atomic E-state index is 12.3. The van der Waals surface area contributed by atoms with Crippen LogP contribution in [0.5, 0.6) is 0 Å². The molecule has 10 heteroatoms. The van der Waals surface area contributed by atoms with Crippen LogP contribution >= 0.6 is 10.7 Å². The third-order valence-corrected chi connectivity index (χ3v) is 4.48. The Bertz CT molecular complexity index is 945. The van der Waals surface area contributed by atoms with Gasteiger partial charge >= 0.3 is 5.69 Å². The minimum absolute atomic E-state index is 0.0405. The van der Waals surface area contributed by atoms with Gasteiger partial charge in [0.05, 0.1) is 11.9 Å². The van der Waals surface area contributed by atoms with Crippen molar-refractivity contribution in [1.82, 2.24) is 14.1 Å². The summed E-state index contributed by atoms with van der Waals surface area (Å²) in [5, 5.41) is -0.125. The third kappa shape index (κ3) is 2.32. The molecular weight excluding hydrogens is 320 g/mol. The predicted octanol–water partition coefficient (Wildman–Crippen LogP) is 0.108. The molecule has 0 fully saturated rings. The molecule has 21 heavy (non-hydrogen) atoms. The van der Waals surface area contributed by atoms with E-state index < -0.39 is 25.2 Å². The van der Waals surface area contributed by atoms with E-state index in [0.717, 1.165) is 10.8 Å². The smallest absolute Gasteiger partial charge is 0.332 e. The van der Waals surface area contributed by atoms with Gasteiger partial charge in [0.25, 0.3) is 14.6 Å². The van der Waals surface area contributed by atoms with Gasteiger partial charge in [-0.2, -0.15) is 0 Å². The normalized spacial score (nSPS) is 12.0. The highest BCUT2D eigenvalue weighted by molar-refractivity contribution is 8.13. The standard InChI is InChI=1S/C11H13ClN4O4S/c1-3-15-9-7(10(17)16(4-2)11(15)18)8(13)6(5-14-9)21(12,19)20/h5H,3-4H2,1-2H3,(H2,13,14). The van der Waals surface area contributed by atoms with Crippen LogP contribution in [-0.4, -0.2) is 22.5 Å². The second kappa shape index (κ2) is 5.15. The Hall–Kier alpha value is -1.87. The van der Waals surface area contributed by atoms with Crippen LogP contribution in [0.2, 0.25) is 0 Å². The van der Waals surface area contributed by atoms with Gasteiger partial charge in [-0.25, -0.2) is 18.2 Å². The third-order valence-electron chi connectivity index (χ3n) is 3.13. The minimum Gasteiger partial charge on any atom is -0.397 e. The lowest BCUT2D eigenvalue weighted by Crippen LogP contribution is -2.40. The van der Waals surface area contributed by atoms with Crippen LogP contribution in [0.15, 0.2) is 20.7 Å². The van der Waals surface area contributed by atoms with Crippen molar-refractivity contribution in [3.05, 3.63) is 27.0 Å². The number of pyridine rings is 1. The van der Waals surface area contributed by atoms with Gasteiger partial charge in [-0.15, -0.1) is 0 Å². The molecule has 8 nitrogen and oxygen atoms in total. The first-order chi connectivity index (χ1) is 9.73. The van der Waals surface area contributed by atoms with E-state index in [4.69, 9.17) is 16.4 Å². The number of aryl methyl sites for hydroxylation is 1. The molecule has 0 saturated heterocycles. The van der Waals surface area contributed by atoms with Gasteiger partial charge < -0.3 is 5.73 Å². The number of nitrogen functional groups attached to an aromatic ring is 1. The highest BCUT2D eigenvalue weighted by atomic mass is 35.7. The van der Waals surface area contributed by atoms with E-state index in [9.17, 15) is 18.0 Å². The summed E-state index contributed by atoms with van der Waals surface area (Å²) in [5.74, 6) is 0. The molecule has 0 radical (unpaired) electrons. The maximum Gasteiger partial charge on any atom is 0.332 e. The molecule has 2 heterocycles. The summed E-state index contributed by atoms with van der Waals surface area (Å²) in [4.78, 5) is 27.9. The molecule has 2 aromatic rings. The molecule has 0 aliphatic rings. The van der Waals surface area contributed by atoms with Crippen molar-refractivity contribution >= 4 is 36.5 Å². The van der Waals surface area contributed by atoms with Crippen molar-refractivity contribution in [3.8, 4) is 0 Å². The second-order valence-electron chi connectivity index (χ2n) is 4.25. The Labute approximate surface area is 124 Å². The molecule has 2 rings (SSSR count). The van der Waals surface area contributed by atoms with Crippen molar-refractivity contribution < 1.29 is 8.42 Å². The molecule has 0 amide bonds. The lowest BCUT2D eigenvalue weighted by Gasteiger charge is -2.12. The zero-order valence-corrected chi connectivity index (χ0v) is 12.9. The van der Waals surface area contributed by atoms with E-state index in [0.29, 0.717) is 0 Å². The first-order valence-electron chi connectivity index (χ1n) is 6.10. The Balaban J connectivity index is 3.16. The molecule has 0 atom stereocenters. The summed E-state index contributed by atoms with van der Waals surface area (Å²) >= 11 is 0. The largest absolute Gasteiger partial charge is 0.397 e. The van der Waals surface area contributed by atoms with Gasteiger partial charge in [0.1, 0.15) is 10.3 Å². The number of rotatable bonds is 3. The van der Waals surface area contributed by atoms with Crippen molar-refractivity contribution in [2.45, 2.75) is 31.8 Å². The highest BCUT2D eigenvalue weighted by Gasteiger charge is 2.22. The number of aromatic nitrogens is 3. The number of anilines is 1. The number of nitrogens with two attached hydrogens (primary N) is 1. The lowest BCUT2D eigenvalue weighted by atomic mass is 10.2. The Morgan fingerprint density at radius 3 is 2.29 bits per heavy atom. The van der Waals surface area contributed by atoms with Crippen molar-refractivity contribution in [2.75, 3.05) is 5.73 Å². The van der Waals surface area contributed by atoms with Crippen LogP contribution in [0.4, 0.5) is 5.69 Å². The summed E-state index contributed by atoms with van der Waals surface area (Å²) in [6.45, 7) is 3.72. The summed E-state index contributed by atoms with van der Waals surface area (Å²) in [6, 6.07) is 0. The molecule has 0 aromatic carbocycles.